The molecule has 0 atom stereocenters. The van der Waals surface area contributed by atoms with E-state index in [1.165, 1.54) is 6.07 Å². The molecule has 150 valence electrons. The van der Waals surface area contributed by atoms with E-state index in [4.69, 9.17) is 4.74 Å². The lowest BCUT2D eigenvalue weighted by molar-refractivity contribution is -0.137. The summed E-state index contributed by atoms with van der Waals surface area (Å²) in [5, 5.41) is 0.452. The van der Waals surface area contributed by atoms with E-state index >= 15 is 0 Å². The lowest BCUT2D eigenvalue weighted by Gasteiger charge is -2.16. The first-order valence-electron chi connectivity index (χ1n) is 9.31. The molecule has 0 fully saturated rings. The van der Waals surface area contributed by atoms with Gasteiger partial charge in [0.25, 0.3) is 0 Å². The van der Waals surface area contributed by atoms with Crippen LogP contribution in [0.2, 0.25) is 0 Å². The monoisotopic (exact) mass is 408 g/mol. The molecule has 0 unspecified atom stereocenters. The molecule has 0 amide bonds. The zero-order chi connectivity index (χ0) is 20.9. The van der Waals surface area contributed by atoms with Gasteiger partial charge in [-0.05, 0) is 42.0 Å². The Bertz CT molecular complexity index is 1330. The number of nitrogens with zero attached hydrogens (tertiary/aromatic N) is 2. The number of fused-ring (bicyclic) bond motifs is 2. The molecule has 0 N–H and O–H groups in total. The van der Waals surface area contributed by atoms with E-state index in [1.807, 2.05) is 6.07 Å². The van der Waals surface area contributed by atoms with Crippen molar-refractivity contribution in [2.24, 2.45) is 0 Å². The fourth-order valence-electron chi connectivity index (χ4n) is 3.82. The third-order valence-corrected chi connectivity index (χ3v) is 5.25. The van der Waals surface area contributed by atoms with Crippen LogP contribution in [0.3, 0.4) is 0 Å². The molecule has 0 saturated heterocycles. The van der Waals surface area contributed by atoms with Gasteiger partial charge in [0, 0.05) is 41.5 Å². The molecule has 1 aliphatic heterocycles. The third-order valence-electron chi connectivity index (χ3n) is 5.25. The van der Waals surface area contributed by atoms with Gasteiger partial charge >= 0.3 is 6.18 Å². The van der Waals surface area contributed by atoms with Crippen LogP contribution in [0, 0.1) is 0 Å². The number of rotatable bonds is 2. The van der Waals surface area contributed by atoms with Crippen LogP contribution in [0.1, 0.15) is 22.3 Å². The first-order chi connectivity index (χ1) is 14.4. The second-order valence-electron chi connectivity index (χ2n) is 7.17. The Morgan fingerprint density at radius 1 is 1.07 bits per heavy atom. The minimum atomic E-state index is -4.49. The summed E-state index contributed by atoms with van der Waals surface area (Å²) in [6.07, 6.45) is 0.762. The zero-order valence-electron chi connectivity index (χ0n) is 15.6. The lowest BCUT2D eigenvalue weighted by Crippen LogP contribution is -2.15. The number of aromatic nitrogens is 2. The van der Waals surface area contributed by atoms with Crippen molar-refractivity contribution >= 4 is 10.9 Å². The van der Waals surface area contributed by atoms with Crippen LogP contribution in [0.15, 0.2) is 71.9 Å². The highest BCUT2D eigenvalue weighted by atomic mass is 19.4. The van der Waals surface area contributed by atoms with Gasteiger partial charge in [-0.25, -0.2) is 0 Å². The van der Waals surface area contributed by atoms with Crippen molar-refractivity contribution in [3.63, 3.8) is 0 Å². The van der Waals surface area contributed by atoms with Crippen molar-refractivity contribution in [1.29, 1.82) is 0 Å². The van der Waals surface area contributed by atoms with Crippen molar-refractivity contribution < 1.29 is 17.9 Å². The molecule has 0 bridgehead atoms. The second-order valence-corrected chi connectivity index (χ2v) is 7.17. The van der Waals surface area contributed by atoms with Gasteiger partial charge in [0.15, 0.2) is 5.43 Å². The molecule has 30 heavy (non-hydrogen) atoms. The topological polar surface area (TPSA) is 44.1 Å². The molecule has 7 heteroatoms. The summed E-state index contributed by atoms with van der Waals surface area (Å²) in [5.41, 5.74) is 2.03. The van der Waals surface area contributed by atoms with Crippen molar-refractivity contribution in [3.8, 4) is 11.4 Å². The Morgan fingerprint density at radius 3 is 2.63 bits per heavy atom. The Labute approximate surface area is 169 Å². The number of pyridine rings is 2. The second kappa shape index (κ2) is 6.73. The molecule has 0 aliphatic carbocycles. The average Bonchev–Trinajstić information content (AvgIpc) is 2.89. The lowest BCUT2D eigenvalue weighted by atomic mass is 10.0. The van der Waals surface area contributed by atoms with Crippen molar-refractivity contribution in [2.45, 2.75) is 19.2 Å². The fourth-order valence-corrected chi connectivity index (χ4v) is 3.82. The fraction of sp³-hybridized carbons (Fsp3) is 0.130. The highest BCUT2D eigenvalue weighted by Gasteiger charge is 2.32. The summed E-state index contributed by atoms with van der Waals surface area (Å²) >= 11 is 0. The molecule has 3 heterocycles. The Kier molecular flexibility index (Phi) is 4.13. The first kappa shape index (κ1) is 18.4. The molecular weight excluding hydrogens is 393 g/mol. The average molecular weight is 408 g/mol. The minimum absolute atomic E-state index is 0.143. The van der Waals surface area contributed by atoms with E-state index < -0.39 is 11.7 Å². The molecule has 0 radical (unpaired) electrons. The first-order valence-corrected chi connectivity index (χ1v) is 9.31. The number of hydrogen-bond acceptors (Lipinski definition) is 3. The molecule has 4 nitrogen and oxygen atoms in total. The normalized spacial score (nSPS) is 12.9. The molecule has 0 spiro atoms. The van der Waals surface area contributed by atoms with Gasteiger partial charge in [0.1, 0.15) is 12.4 Å². The van der Waals surface area contributed by atoms with Gasteiger partial charge in [-0.3, -0.25) is 9.78 Å². The number of hydrogen-bond donors (Lipinski definition) is 0. The van der Waals surface area contributed by atoms with Crippen LogP contribution in [-0.4, -0.2) is 9.55 Å². The van der Waals surface area contributed by atoms with Crippen LogP contribution in [0.5, 0.6) is 5.75 Å². The zero-order valence-corrected chi connectivity index (χ0v) is 15.6. The quantitative estimate of drug-likeness (QED) is 0.475. The maximum absolute atomic E-state index is 13.4. The maximum Gasteiger partial charge on any atom is 0.416 e. The summed E-state index contributed by atoms with van der Waals surface area (Å²) in [5.74, 6) is 0.332. The smallest absolute Gasteiger partial charge is 0.416 e. The van der Waals surface area contributed by atoms with Gasteiger partial charge in [-0.15, -0.1) is 0 Å². The molecule has 5 rings (SSSR count). The summed E-state index contributed by atoms with van der Waals surface area (Å²) in [4.78, 5) is 17.2. The molecule has 4 aromatic rings. The Balaban J connectivity index is 1.80. The molecule has 0 saturated carbocycles. The Morgan fingerprint density at radius 2 is 1.87 bits per heavy atom. The standard InChI is InChI=1S/C23H15F3N2O2/c24-23(25,26)17-4-5-20-19(11-17)28-12-16(10-14-6-8-27-9-7-14)22(29)18-3-1-2-15(13-30-20)21(18)28/h1-9,11-12H,10,13H2. The van der Waals surface area contributed by atoms with Crippen molar-refractivity contribution in [3.05, 3.63) is 99.6 Å². The number of ether oxygens (including phenoxy) is 1. The SMILES string of the molecule is O=c1c(Cc2ccncc2)cn2c3c(cccc13)COc1ccc(C(F)(F)F)cc1-2. The number of alkyl halides is 3. The van der Waals surface area contributed by atoms with Crippen LogP contribution in [0.25, 0.3) is 16.6 Å². The van der Waals surface area contributed by atoms with Crippen LogP contribution in [0.4, 0.5) is 13.2 Å². The van der Waals surface area contributed by atoms with E-state index in [1.54, 1.807) is 47.4 Å². The highest BCUT2D eigenvalue weighted by Crippen LogP contribution is 2.37. The minimum Gasteiger partial charge on any atom is -0.487 e. The molecule has 1 aliphatic rings. The third kappa shape index (κ3) is 3.03. The van der Waals surface area contributed by atoms with Gasteiger partial charge < -0.3 is 9.30 Å². The predicted octanol–water partition coefficient (Wildman–Crippen LogP) is 4.89. The van der Waals surface area contributed by atoms with E-state index in [2.05, 4.69) is 4.98 Å². The number of halogens is 3. The van der Waals surface area contributed by atoms with Gasteiger partial charge in [-0.2, -0.15) is 13.2 Å². The van der Waals surface area contributed by atoms with E-state index in [0.29, 0.717) is 28.6 Å². The van der Waals surface area contributed by atoms with E-state index in [-0.39, 0.29) is 17.7 Å². The van der Waals surface area contributed by atoms with Gasteiger partial charge in [-0.1, -0.05) is 12.1 Å². The van der Waals surface area contributed by atoms with E-state index in [0.717, 1.165) is 23.3 Å². The van der Waals surface area contributed by atoms with Crippen molar-refractivity contribution in [2.75, 3.05) is 0 Å². The summed E-state index contributed by atoms with van der Waals surface area (Å²) in [6.45, 7) is 0.166. The number of benzene rings is 2. The molecule has 2 aromatic heterocycles. The van der Waals surface area contributed by atoms with Gasteiger partial charge in [0.05, 0.1) is 16.8 Å². The Hall–Kier alpha value is -3.61. The van der Waals surface area contributed by atoms with Gasteiger partial charge in [0.2, 0.25) is 0 Å². The van der Waals surface area contributed by atoms with Crippen LogP contribution >= 0.6 is 0 Å². The summed E-state index contributed by atoms with van der Waals surface area (Å²) < 4.78 is 47.6. The molecular formula is C23H15F3N2O2. The summed E-state index contributed by atoms with van der Waals surface area (Å²) in [7, 11) is 0. The molecule has 2 aromatic carbocycles. The largest absolute Gasteiger partial charge is 0.487 e. The van der Waals surface area contributed by atoms with Crippen molar-refractivity contribution in [1.82, 2.24) is 9.55 Å². The highest BCUT2D eigenvalue weighted by molar-refractivity contribution is 5.85. The number of para-hydroxylation sites is 1. The van der Waals surface area contributed by atoms with Crippen LogP contribution < -0.4 is 10.2 Å². The summed E-state index contributed by atoms with van der Waals surface area (Å²) in [6, 6.07) is 12.3. The maximum atomic E-state index is 13.4. The van der Waals surface area contributed by atoms with Crippen LogP contribution in [-0.2, 0) is 19.2 Å². The predicted molar refractivity (Wildman–Crippen MR) is 106 cm³/mol. The van der Waals surface area contributed by atoms with E-state index in [9.17, 15) is 18.0 Å².